The number of hydrogen-bond acceptors (Lipinski definition) is 4. The van der Waals surface area contributed by atoms with Crippen LogP contribution in [-0.4, -0.2) is 61.0 Å². The van der Waals surface area contributed by atoms with Gasteiger partial charge in [-0.1, -0.05) is 0 Å². The number of likely N-dealkylation sites (N-methyl/N-ethyl adjacent to an activating group) is 1. The van der Waals surface area contributed by atoms with Crippen LogP contribution in [0.2, 0.25) is 0 Å². The van der Waals surface area contributed by atoms with Gasteiger partial charge in [0.1, 0.15) is 4.90 Å². The summed E-state index contributed by atoms with van der Waals surface area (Å²) in [4.78, 5) is 2.35. The Balaban J connectivity index is 2.33. The van der Waals surface area contributed by atoms with Gasteiger partial charge < -0.3 is 4.90 Å². The molecule has 1 N–H and O–H groups in total. The molecule has 0 aliphatic carbocycles. The second kappa shape index (κ2) is 5.16. The SMILES string of the molecule is Cc1[nH]nc(CCl)c1S(=O)(=O)N1CCN(C)CC1. The lowest BCUT2D eigenvalue weighted by atomic mass is 10.4. The smallest absolute Gasteiger partial charge is 0.246 e. The first-order valence-corrected chi connectivity index (χ1v) is 7.72. The minimum absolute atomic E-state index is 0.0899. The van der Waals surface area contributed by atoms with E-state index in [-0.39, 0.29) is 10.8 Å². The number of aromatic nitrogens is 2. The Kier molecular flexibility index (Phi) is 3.96. The van der Waals surface area contributed by atoms with Gasteiger partial charge in [0.05, 0.1) is 17.3 Å². The molecule has 0 amide bonds. The van der Waals surface area contributed by atoms with Gasteiger partial charge in [-0.25, -0.2) is 8.42 Å². The van der Waals surface area contributed by atoms with Crippen LogP contribution < -0.4 is 0 Å². The molecule has 1 aromatic rings. The highest BCUT2D eigenvalue weighted by Crippen LogP contribution is 2.24. The Labute approximate surface area is 112 Å². The van der Waals surface area contributed by atoms with Crippen molar-refractivity contribution >= 4 is 21.6 Å². The van der Waals surface area contributed by atoms with Crippen molar-refractivity contribution < 1.29 is 8.42 Å². The summed E-state index contributed by atoms with van der Waals surface area (Å²) in [6, 6.07) is 0. The molecule has 8 heteroatoms. The van der Waals surface area contributed by atoms with Gasteiger partial charge in [-0.3, -0.25) is 5.10 Å². The van der Waals surface area contributed by atoms with Gasteiger partial charge in [0, 0.05) is 26.2 Å². The number of nitrogens with zero attached hydrogens (tertiary/aromatic N) is 3. The predicted octanol–water partition coefficient (Wildman–Crippen LogP) is 0.393. The molecule has 0 unspecified atom stereocenters. The van der Waals surface area contributed by atoms with Crippen molar-refractivity contribution in [2.45, 2.75) is 17.7 Å². The molecule has 0 aromatic carbocycles. The Hall–Kier alpha value is -0.630. The number of aryl methyl sites for hydroxylation is 1. The number of nitrogens with one attached hydrogen (secondary N) is 1. The lowest BCUT2D eigenvalue weighted by molar-refractivity contribution is 0.222. The molecule has 1 aliphatic heterocycles. The third-order valence-corrected chi connectivity index (χ3v) is 5.50. The lowest BCUT2D eigenvalue weighted by Gasteiger charge is -2.31. The van der Waals surface area contributed by atoms with Crippen LogP contribution in [0.15, 0.2) is 4.90 Å². The van der Waals surface area contributed by atoms with Crippen LogP contribution in [0.5, 0.6) is 0 Å². The van der Waals surface area contributed by atoms with Gasteiger partial charge >= 0.3 is 0 Å². The van der Waals surface area contributed by atoms with Gasteiger partial charge in [-0.2, -0.15) is 9.40 Å². The molecule has 2 heterocycles. The average Bonchev–Trinajstić information content (AvgIpc) is 2.71. The summed E-state index contributed by atoms with van der Waals surface area (Å²) in [5, 5.41) is 6.63. The average molecular weight is 293 g/mol. The maximum absolute atomic E-state index is 12.5. The summed E-state index contributed by atoms with van der Waals surface area (Å²) in [6.07, 6.45) is 0. The first kappa shape index (κ1) is 13.8. The van der Waals surface area contributed by atoms with E-state index < -0.39 is 10.0 Å². The Morgan fingerprint density at radius 2 is 1.94 bits per heavy atom. The highest BCUT2D eigenvalue weighted by atomic mass is 35.5. The van der Waals surface area contributed by atoms with Crippen molar-refractivity contribution in [1.82, 2.24) is 19.4 Å². The Morgan fingerprint density at radius 3 is 2.50 bits per heavy atom. The molecule has 6 nitrogen and oxygen atoms in total. The van der Waals surface area contributed by atoms with E-state index in [0.717, 1.165) is 13.1 Å². The standard InChI is InChI=1S/C10H17ClN4O2S/c1-8-10(9(7-11)13-12-8)18(16,17)15-5-3-14(2)4-6-15/h3-7H2,1-2H3,(H,12,13). The molecule has 0 radical (unpaired) electrons. The number of sulfonamides is 1. The molecule has 1 aliphatic rings. The first-order valence-electron chi connectivity index (χ1n) is 5.75. The molecule has 102 valence electrons. The summed E-state index contributed by atoms with van der Waals surface area (Å²) in [5.74, 6) is 0.0899. The molecule has 0 spiro atoms. The first-order chi connectivity index (χ1) is 8.46. The molecular formula is C10H17ClN4O2S. The van der Waals surface area contributed by atoms with Crippen LogP contribution in [0.4, 0.5) is 0 Å². The van der Waals surface area contributed by atoms with Crippen LogP contribution in [-0.2, 0) is 15.9 Å². The van der Waals surface area contributed by atoms with E-state index in [1.54, 1.807) is 6.92 Å². The third kappa shape index (κ3) is 2.40. The zero-order valence-electron chi connectivity index (χ0n) is 10.5. The second-order valence-corrected chi connectivity index (χ2v) is 6.61. The topological polar surface area (TPSA) is 69.3 Å². The zero-order valence-corrected chi connectivity index (χ0v) is 12.1. The van der Waals surface area contributed by atoms with E-state index in [0.29, 0.717) is 24.5 Å². The van der Waals surface area contributed by atoms with Crippen LogP contribution in [0, 0.1) is 6.92 Å². The Morgan fingerprint density at radius 1 is 1.33 bits per heavy atom. The van der Waals surface area contributed by atoms with Gasteiger partial charge in [0.2, 0.25) is 10.0 Å². The van der Waals surface area contributed by atoms with E-state index >= 15 is 0 Å². The highest BCUT2D eigenvalue weighted by Gasteiger charge is 2.32. The van der Waals surface area contributed by atoms with Crippen molar-refractivity contribution in [3.63, 3.8) is 0 Å². The quantitative estimate of drug-likeness (QED) is 0.819. The fourth-order valence-corrected chi connectivity index (χ4v) is 4.08. The maximum atomic E-state index is 12.5. The summed E-state index contributed by atoms with van der Waals surface area (Å²) in [6.45, 7) is 4.20. The van der Waals surface area contributed by atoms with Gasteiger partial charge in [0.15, 0.2) is 0 Å². The van der Waals surface area contributed by atoms with Crippen LogP contribution in [0.3, 0.4) is 0 Å². The number of alkyl halides is 1. The number of rotatable bonds is 3. The summed E-state index contributed by atoms with van der Waals surface area (Å²) >= 11 is 5.74. The molecule has 1 saturated heterocycles. The van der Waals surface area contributed by atoms with Crippen LogP contribution in [0.1, 0.15) is 11.4 Å². The number of aromatic amines is 1. The second-order valence-electron chi connectivity index (χ2n) is 4.47. The van der Waals surface area contributed by atoms with Crippen molar-refractivity contribution in [1.29, 1.82) is 0 Å². The number of H-pyrrole nitrogens is 1. The monoisotopic (exact) mass is 292 g/mol. The summed E-state index contributed by atoms with van der Waals surface area (Å²) in [7, 11) is -1.50. The van der Waals surface area contributed by atoms with Crippen molar-refractivity contribution in [2.24, 2.45) is 0 Å². The number of halogens is 1. The fraction of sp³-hybridized carbons (Fsp3) is 0.700. The molecule has 0 bridgehead atoms. The van der Waals surface area contributed by atoms with Crippen molar-refractivity contribution in [2.75, 3.05) is 33.2 Å². The van der Waals surface area contributed by atoms with Gasteiger partial charge in [-0.15, -0.1) is 11.6 Å². The molecule has 0 atom stereocenters. The third-order valence-electron chi connectivity index (χ3n) is 3.15. The van der Waals surface area contributed by atoms with E-state index in [9.17, 15) is 8.42 Å². The predicted molar refractivity (Wildman–Crippen MR) is 69.1 cm³/mol. The summed E-state index contributed by atoms with van der Waals surface area (Å²) in [5.41, 5.74) is 0.942. The van der Waals surface area contributed by atoms with Gasteiger partial charge in [0.25, 0.3) is 0 Å². The number of piperazine rings is 1. The van der Waals surface area contributed by atoms with Crippen LogP contribution >= 0.6 is 11.6 Å². The molecule has 2 rings (SSSR count). The van der Waals surface area contributed by atoms with Crippen LogP contribution in [0.25, 0.3) is 0 Å². The minimum Gasteiger partial charge on any atom is -0.304 e. The molecule has 1 aromatic heterocycles. The van der Waals surface area contributed by atoms with Crippen molar-refractivity contribution in [3.8, 4) is 0 Å². The Bertz CT molecular complexity index is 520. The minimum atomic E-state index is -3.49. The van der Waals surface area contributed by atoms with E-state index in [1.165, 1.54) is 4.31 Å². The highest BCUT2D eigenvalue weighted by molar-refractivity contribution is 7.89. The lowest BCUT2D eigenvalue weighted by Crippen LogP contribution is -2.47. The molecule has 0 saturated carbocycles. The van der Waals surface area contributed by atoms with Crippen molar-refractivity contribution in [3.05, 3.63) is 11.4 Å². The van der Waals surface area contributed by atoms with E-state index in [1.807, 2.05) is 7.05 Å². The zero-order chi connectivity index (χ0) is 13.3. The molecule has 1 fully saturated rings. The van der Waals surface area contributed by atoms with Gasteiger partial charge in [-0.05, 0) is 14.0 Å². The molecular weight excluding hydrogens is 276 g/mol. The normalized spacial score (nSPS) is 19.3. The largest absolute Gasteiger partial charge is 0.304 e. The maximum Gasteiger partial charge on any atom is 0.246 e. The fourth-order valence-electron chi connectivity index (χ4n) is 2.06. The number of hydrogen-bond donors (Lipinski definition) is 1. The van der Waals surface area contributed by atoms with E-state index in [2.05, 4.69) is 15.1 Å². The summed E-state index contributed by atoms with van der Waals surface area (Å²) < 4.78 is 26.6. The molecule has 18 heavy (non-hydrogen) atoms. The van der Waals surface area contributed by atoms with E-state index in [4.69, 9.17) is 11.6 Å².